The summed E-state index contributed by atoms with van der Waals surface area (Å²) in [4.78, 5) is 2.20. The Morgan fingerprint density at radius 2 is 1.79 bits per heavy atom. The highest BCUT2D eigenvalue weighted by Crippen LogP contribution is 2.29. The number of sulfonamides is 1. The molecule has 0 bridgehead atoms. The Bertz CT molecular complexity index is 422. The minimum absolute atomic E-state index is 0.176. The average molecular weight is 288 g/mol. The van der Waals surface area contributed by atoms with Gasteiger partial charge in [-0.1, -0.05) is 12.8 Å². The minimum atomic E-state index is -3.16. The van der Waals surface area contributed by atoms with E-state index in [1.807, 2.05) is 0 Å². The predicted octanol–water partition coefficient (Wildman–Crippen LogP) is 0.446. The highest BCUT2D eigenvalue weighted by atomic mass is 32.2. The molecule has 1 aliphatic heterocycles. The van der Waals surface area contributed by atoms with Gasteiger partial charge in [-0.3, -0.25) is 4.90 Å². The van der Waals surface area contributed by atoms with Crippen LogP contribution in [-0.4, -0.2) is 55.0 Å². The van der Waals surface area contributed by atoms with Crippen LogP contribution in [0.1, 0.15) is 44.9 Å². The van der Waals surface area contributed by atoms with Gasteiger partial charge >= 0.3 is 0 Å². The van der Waals surface area contributed by atoms with E-state index in [0.717, 1.165) is 45.1 Å². The molecule has 2 saturated carbocycles. The van der Waals surface area contributed by atoms with E-state index >= 15 is 0 Å². The third-order valence-electron chi connectivity index (χ3n) is 4.69. The maximum absolute atomic E-state index is 12.2. The summed E-state index contributed by atoms with van der Waals surface area (Å²) in [5.41, 5.74) is 0. The first-order valence-electron chi connectivity index (χ1n) is 7.49. The van der Waals surface area contributed by atoms with Crippen molar-refractivity contribution in [3.63, 3.8) is 0 Å². The third-order valence-corrected chi connectivity index (χ3v) is 6.61. The van der Waals surface area contributed by atoms with Crippen molar-refractivity contribution >= 4 is 10.0 Å². The van der Waals surface area contributed by atoms with Crippen molar-refractivity contribution in [2.24, 2.45) is 0 Å². The zero-order chi connectivity index (χ0) is 13.5. The lowest BCUT2D eigenvalue weighted by Gasteiger charge is -2.35. The molecule has 2 N–H and O–H groups in total. The van der Waals surface area contributed by atoms with Crippen molar-refractivity contribution in [1.82, 2.24) is 9.62 Å². The second-order valence-electron chi connectivity index (χ2n) is 6.26. The Balaban J connectivity index is 1.59. The fraction of sp³-hybridized carbons (Fsp3) is 1.00. The van der Waals surface area contributed by atoms with Crippen LogP contribution < -0.4 is 4.72 Å². The number of nitrogens with one attached hydrogen (secondary N) is 1. The first kappa shape index (κ1) is 13.8. The summed E-state index contributed by atoms with van der Waals surface area (Å²) in [6.07, 6.45) is 6.50. The molecule has 3 fully saturated rings. The molecule has 110 valence electrons. The lowest BCUT2D eigenvalue weighted by Crippen LogP contribution is -2.46. The number of likely N-dealkylation sites (tertiary alicyclic amines) is 1. The van der Waals surface area contributed by atoms with Gasteiger partial charge in [-0.05, 0) is 38.6 Å². The molecule has 3 unspecified atom stereocenters. The van der Waals surface area contributed by atoms with Gasteiger partial charge < -0.3 is 5.11 Å². The maximum atomic E-state index is 12.2. The normalized spacial score (nSPS) is 37.6. The van der Waals surface area contributed by atoms with Crippen LogP contribution in [0.3, 0.4) is 0 Å². The Kier molecular flexibility index (Phi) is 3.86. The summed E-state index contributed by atoms with van der Waals surface area (Å²) < 4.78 is 27.2. The molecule has 1 heterocycles. The van der Waals surface area contributed by atoms with Crippen LogP contribution in [0, 0.1) is 0 Å². The van der Waals surface area contributed by atoms with Gasteiger partial charge in [0.2, 0.25) is 10.0 Å². The molecule has 0 aromatic heterocycles. The fourth-order valence-corrected chi connectivity index (χ4v) is 5.05. The quantitative estimate of drug-likeness (QED) is 0.788. The van der Waals surface area contributed by atoms with Gasteiger partial charge in [0.25, 0.3) is 0 Å². The van der Waals surface area contributed by atoms with Gasteiger partial charge in [0.05, 0.1) is 11.4 Å². The molecule has 1 saturated heterocycles. The molecular formula is C13H24N2O3S. The third kappa shape index (κ3) is 3.12. The molecule has 3 rings (SSSR count). The molecule has 19 heavy (non-hydrogen) atoms. The van der Waals surface area contributed by atoms with Crippen molar-refractivity contribution in [3.05, 3.63) is 0 Å². The fourth-order valence-electron chi connectivity index (χ4n) is 3.36. The maximum Gasteiger partial charge on any atom is 0.216 e. The number of rotatable bonds is 4. The predicted molar refractivity (Wildman–Crippen MR) is 73.3 cm³/mol. The summed E-state index contributed by atoms with van der Waals surface area (Å²) in [7, 11) is -3.16. The van der Waals surface area contributed by atoms with Crippen molar-refractivity contribution in [1.29, 1.82) is 0 Å². The zero-order valence-electron chi connectivity index (χ0n) is 11.3. The van der Waals surface area contributed by atoms with Crippen LogP contribution in [0.2, 0.25) is 0 Å². The molecule has 0 aromatic carbocycles. The Labute approximate surface area is 115 Å². The van der Waals surface area contributed by atoms with E-state index in [1.165, 1.54) is 0 Å². The molecule has 3 aliphatic rings. The standard InChI is InChI=1S/C13H24N2O3S/c16-13-4-2-1-3-12(13)15-8-7-11(9-15)19(17,18)14-10-5-6-10/h10-14,16H,1-9H2. The highest BCUT2D eigenvalue weighted by Gasteiger charge is 2.40. The van der Waals surface area contributed by atoms with E-state index in [0.29, 0.717) is 13.0 Å². The number of hydrogen-bond donors (Lipinski definition) is 2. The van der Waals surface area contributed by atoms with E-state index < -0.39 is 10.0 Å². The van der Waals surface area contributed by atoms with Crippen molar-refractivity contribution in [3.8, 4) is 0 Å². The Morgan fingerprint density at radius 3 is 2.47 bits per heavy atom. The highest BCUT2D eigenvalue weighted by molar-refractivity contribution is 7.90. The molecular weight excluding hydrogens is 264 g/mol. The van der Waals surface area contributed by atoms with Crippen LogP contribution in [-0.2, 0) is 10.0 Å². The van der Waals surface area contributed by atoms with E-state index in [2.05, 4.69) is 9.62 Å². The SMILES string of the molecule is O=S(=O)(NC1CC1)C1CCN(C2CCCCC2O)C1. The van der Waals surface area contributed by atoms with Crippen LogP contribution in [0.4, 0.5) is 0 Å². The van der Waals surface area contributed by atoms with Crippen molar-refractivity contribution in [2.75, 3.05) is 13.1 Å². The molecule has 0 amide bonds. The summed E-state index contributed by atoms with van der Waals surface area (Å²) in [6.45, 7) is 1.39. The Hall–Kier alpha value is -0.170. The first-order valence-corrected chi connectivity index (χ1v) is 9.04. The summed E-state index contributed by atoms with van der Waals surface area (Å²) in [5.74, 6) is 0. The summed E-state index contributed by atoms with van der Waals surface area (Å²) in [6, 6.07) is 0.370. The van der Waals surface area contributed by atoms with Gasteiger partial charge in [0, 0.05) is 18.6 Å². The van der Waals surface area contributed by atoms with Crippen LogP contribution >= 0.6 is 0 Å². The molecule has 6 heteroatoms. The van der Waals surface area contributed by atoms with Gasteiger partial charge in [-0.25, -0.2) is 13.1 Å². The second kappa shape index (κ2) is 5.31. The van der Waals surface area contributed by atoms with Crippen molar-refractivity contribution < 1.29 is 13.5 Å². The molecule has 0 aromatic rings. The van der Waals surface area contributed by atoms with E-state index in [9.17, 15) is 13.5 Å². The van der Waals surface area contributed by atoms with Crippen LogP contribution in [0.15, 0.2) is 0 Å². The molecule has 2 aliphatic carbocycles. The van der Waals surface area contributed by atoms with Crippen LogP contribution in [0.5, 0.6) is 0 Å². The van der Waals surface area contributed by atoms with E-state index in [-0.39, 0.29) is 23.4 Å². The Morgan fingerprint density at radius 1 is 1.05 bits per heavy atom. The number of nitrogens with zero attached hydrogens (tertiary/aromatic N) is 1. The van der Waals surface area contributed by atoms with Gasteiger partial charge in [0.1, 0.15) is 0 Å². The number of hydrogen-bond acceptors (Lipinski definition) is 4. The molecule has 5 nitrogen and oxygen atoms in total. The molecule has 0 radical (unpaired) electrons. The lowest BCUT2D eigenvalue weighted by molar-refractivity contribution is 0.0312. The first-order chi connectivity index (χ1) is 9.06. The smallest absolute Gasteiger partial charge is 0.216 e. The summed E-state index contributed by atoms with van der Waals surface area (Å²) in [5, 5.41) is 9.78. The lowest BCUT2D eigenvalue weighted by atomic mass is 9.91. The largest absolute Gasteiger partial charge is 0.391 e. The second-order valence-corrected chi connectivity index (χ2v) is 8.25. The van der Waals surface area contributed by atoms with Gasteiger partial charge in [-0.2, -0.15) is 0 Å². The van der Waals surface area contributed by atoms with E-state index in [4.69, 9.17) is 0 Å². The average Bonchev–Trinajstić information content (AvgIpc) is 3.02. The van der Waals surface area contributed by atoms with Gasteiger partial charge in [-0.15, -0.1) is 0 Å². The topological polar surface area (TPSA) is 69.6 Å². The van der Waals surface area contributed by atoms with Crippen molar-refractivity contribution in [2.45, 2.75) is 68.4 Å². The molecule has 3 atom stereocenters. The van der Waals surface area contributed by atoms with Gasteiger partial charge in [0.15, 0.2) is 0 Å². The number of aliphatic hydroxyl groups excluding tert-OH is 1. The molecule has 0 spiro atoms. The van der Waals surface area contributed by atoms with Crippen LogP contribution in [0.25, 0.3) is 0 Å². The summed E-state index contributed by atoms with van der Waals surface area (Å²) >= 11 is 0. The minimum Gasteiger partial charge on any atom is -0.391 e. The monoisotopic (exact) mass is 288 g/mol. The zero-order valence-corrected chi connectivity index (χ0v) is 12.1. The van der Waals surface area contributed by atoms with E-state index in [1.54, 1.807) is 0 Å². The number of aliphatic hydroxyl groups is 1.